The second-order valence-corrected chi connectivity index (χ2v) is 6.85. The van der Waals surface area contributed by atoms with Crippen LogP contribution in [0, 0.1) is 12.8 Å². The smallest absolute Gasteiger partial charge is 0.231 e. The van der Waals surface area contributed by atoms with Gasteiger partial charge >= 0.3 is 0 Å². The van der Waals surface area contributed by atoms with E-state index in [2.05, 4.69) is 5.32 Å². The fourth-order valence-corrected chi connectivity index (χ4v) is 3.38. The zero-order chi connectivity index (χ0) is 19.0. The number of ether oxygens (including phenoxy) is 2. The number of amides is 2. The van der Waals surface area contributed by atoms with Crippen molar-refractivity contribution in [2.24, 2.45) is 5.92 Å². The van der Waals surface area contributed by atoms with Gasteiger partial charge in [-0.3, -0.25) is 9.59 Å². The molecule has 2 aromatic carbocycles. The fourth-order valence-electron chi connectivity index (χ4n) is 3.38. The highest BCUT2D eigenvalue weighted by Crippen LogP contribution is 2.33. The summed E-state index contributed by atoms with van der Waals surface area (Å²) >= 11 is 0. The number of hydrogen-bond donors (Lipinski definition) is 2. The second kappa shape index (κ2) is 6.83. The first-order chi connectivity index (χ1) is 13.0. The van der Waals surface area contributed by atoms with Gasteiger partial charge in [-0.25, -0.2) is 0 Å². The standard InChI is InChI=1S/C20H20N2O5/c1-12-6-15(23)3-4-16(12)21-20(25)14-8-19(24)22(10-14)9-13-2-5-17-18(7-13)27-11-26-17/h2-7,14,23H,8-11H2,1H3,(H,21,25). The quantitative estimate of drug-likeness (QED) is 0.809. The summed E-state index contributed by atoms with van der Waals surface area (Å²) in [5, 5.41) is 12.3. The number of aryl methyl sites for hydroxylation is 1. The van der Waals surface area contributed by atoms with Gasteiger partial charge in [0.05, 0.1) is 5.92 Å². The molecule has 140 valence electrons. The summed E-state index contributed by atoms with van der Waals surface area (Å²) in [6.07, 6.45) is 0.188. The summed E-state index contributed by atoms with van der Waals surface area (Å²) in [7, 11) is 0. The Bertz CT molecular complexity index is 911. The van der Waals surface area contributed by atoms with Gasteiger partial charge in [0.25, 0.3) is 0 Å². The van der Waals surface area contributed by atoms with Gasteiger partial charge in [-0.05, 0) is 48.4 Å². The van der Waals surface area contributed by atoms with Crippen molar-refractivity contribution in [3.63, 3.8) is 0 Å². The van der Waals surface area contributed by atoms with Crippen molar-refractivity contribution in [3.8, 4) is 17.2 Å². The number of fused-ring (bicyclic) bond motifs is 1. The van der Waals surface area contributed by atoms with Crippen molar-refractivity contribution in [1.82, 2.24) is 4.90 Å². The third kappa shape index (κ3) is 3.53. The van der Waals surface area contributed by atoms with E-state index in [-0.39, 0.29) is 30.8 Å². The van der Waals surface area contributed by atoms with Crippen molar-refractivity contribution in [2.75, 3.05) is 18.7 Å². The lowest BCUT2D eigenvalue weighted by Crippen LogP contribution is -2.28. The summed E-state index contributed by atoms with van der Waals surface area (Å²) < 4.78 is 10.7. The minimum Gasteiger partial charge on any atom is -0.508 e. The minimum absolute atomic E-state index is 0.0461. The molecule has 2 aromatic rings. The van der Waals surface area contributed by atoms with E-state index in [1.807, 2.05) is 18.2 Å². The van der Waals surface area contributed by atoms with Crippen LogP contribution in [0.25, 0.3) is 0 Å². The molecule has 7 heteroatoms. The maximum Gasteiger partial charge on any atom is 0.231 e. The van der Waals surface area contributed by atoms with Crippen LogP contribution in [0.5, 0.6) is 17.2 Å². The van der Waals surface area contributed by atoms with Gasteiger partial charge in [-0.1, -0.05) is 6.07 Å². The predicted octanol–water partition coefficient (Wildman–Crippen LogP) is 2.42. The number of carbonyl (C=O) groups is 2. The molecule has 27 heavy (non-hydrogen) atoms. The zero-order valence-electron chi connectivity index (χ0n) is 14.9. The summed E-state index contributed by atoms with van der Waals surface area (Å²) in [5.41, 5.74) is 2.34. The molecule has 1 unspecified atom stereocenters. The topological polar surface area (TPSA) is 88.1 Å². The monoisotopic (exact) mass is 368 g/mol. The number of rotatable bonds is 4. The number of anilines is 1. The average Bonchev–Trinajstić information content (AvgIpc) is 3.24. The summed E-state index contributed by atoms with van der Waals surface area (Å²) in [6, 6.07) is 10.4. The lowest BCUT2D eigenvalue weighted by atomic mass is 10.1. The van der Waals surface area contributed by atoms with Gasteiger partial charge in [0, 0.05) is 25.2 Å². The number of hydrogen-bond acceptors (Lipinski definition) is 5. The molecular weight excluding hydrogens is 348 g/mol. The zero-order valence-corrected chi connectivity index (χ0v) is 14.9. The Morgan fingerprint density at radius 3 is 2.85 bits per heavy atom. The Kier molecular flexibility index (Phi) is 4.35. The molecule has 1 fully saturated rings. The van der Waals surface area contributed by atoms with Crippen LogP contribution in [0.1, 0.15) is 17.5 Å². The van der Waals surface area contributed by atoms with E-state index in [1.165, 1.54) is 6.07 Å². The summed E-state index contributed by atoms with van der Waals surface area (Å²) in [6.45, 7) is 2.81. The molecule has 2 N–H and O–H groups in total. The number of aromatic hydroxyl groups is 1. The molecule has 0 saturated carbocycles. The van der Waals surface area contributed by atoms with Crippen molar-refractivity contribution in [2.45, 2.75) is 19.9 Å². The second-order valence-electron chi connectivity index (χ2n) is 6.85. The molecule has 2 aliphatic rings. The predicted molar refractivity (Wildman–Crippen MR) is 97.6 cm³/mol. The van der Waals surface area contributed by atoms with Crippen molar-refractivity contribution in [3.05, 3.63) is 47.5 Å². The third-order valence-corrected chi connectivity index (χ3v) is 4.86. The Labute approximate surface area is 156 Å². The highest BCUT2D eigenvalue weighted by Gasteiger charge is 2.34. The number of phenols is 1. The van der Waals surface area contributed by atoms with E-state index in [0.717, 1.165) is 11.1 Å². The Balaban J connectivity index is 1.40. The van der Waals surface area contributed by atoms with Gasteiger partial charge < -0.3 is 24.8 Å². The lowest BCUT2D eigenvalue weighted by Gasteiger charge is -2.17. The van der Waals surface area contributed by atoms with Crippen LogP contribution in [0.3, 0.4) is 0 Å². The normalized spacial score (nSPS) is 18.0. The lowest BCUT2D eigenvalue weighted by molar-refractivity contribution is -0.128. The van der Waals surface area contributed by atoms with Crippen LogP contribution in [0.2, 0.25) is 0 Å². The number of benzene rings is 2. The number of carbonyl (C=O) groups excluding carboxylic acids is 2. The number of phenolic OH excluding ortho intramolecular Hbond substituents is 1. The van der Waals surface area contributed by atoms with Crippen LogP contribution in [0.15, 0.2) is 36.4 Å². The van der Waals surface area contributed by atoms with Crippen molar-refractivity contribution < 1.29 is 24.2 Å². The highest BCUT2D eigenvalue weighted by atomic mass is 16.7. The van der Waals surface area contributed by atoms with E-state index < -0.39 is 5.92 Å². The number of likely N-dealkylation sites (tertiary alicyclic amines) is 1. The first kappa shape index (κ1) is 17.2. The molecule has 4 rings (SSSR count). The molecular formula is C20H20N2O5. The molecule has 0 aliphatic carbocycles. The maximum atomic E-state index is 12.6. The summed E-state index contributed by atoms with van der Waals surface area (Å²) in [5.74, 6) is 0.890. The number of nitrogens with one attached hydrogen (secondary N) is 1. The van der Waals surface area contributed by atoms with Crippen LogP contribution in [0.4, 0.5) is 5.69 Å². The molecule has 0 aromatic heterocycles. The van der Waals surface area contributed by atoms with Crippen LogP contribution in [-0.4, -0.2) is 35.2 Å². The first-order valence-electron chi connectivity index (χ1n) is 8.76. The van der Waals surface area contributed by atoms with E-state index >= 15 is 0 Å². The SMILES string of the molecule is Cc1cc(O)ccc1NC(=O)C1CC(=O)N(Cc2ccc3c(c2)OCO3)C1. The molecule has 1 saturated heterocycles. The first-order valence-corrected chi connectivity index (χ1v) is 8.76. The van der Waals surface area contributed by atoms with Gasteiger partial charge in [0.15, 0.2) is 11.5 Å². The molecule has 0 spiro atoms. The minimum atomic E-state index is -0.403. The van der Waals surface area contributed by atoms with Crippen LogP contribution >= 0.6 is 0 Å². The van der Waals surface area contributed by atoms with Crippen molar-refractivity contribution in [1.29, 1.82) is 0 Å². The summed E-state index contributed by atoms with van der Waals surface area (Å²) in [4.78, 5) is 26.6. The molecule has 2 heterocycles. The fraction of sp³-hybridized carbons (Fsp3) is 0.300. The van der Waals surface area contributed by atoms with E-state index in [1.54, 1.807) is 24.0 Å². The van der Waals surface area contributed by atoms with Gasteiger partial charge in [0.1, 0.15) is 5.75 Å². The molecule has 1 atom stereocenters. The Hall–Kier alpha value is -3.22. The molecule has 2 aliphatic heterocycles. The Morgan fingerprint density at radius 1 is 1.22 bits per heavy atom. The van der Waals surface area contributed by atoms with Crippen molar-refractivity contribution >= 4 is 17.5 Å². The highest BCUT2D eigenvalue weighted by molar-refractivity contribution is 5.97. The molecule has 7 nitrogen and oxygen atoms in total. The van der Waals surface area contributed by atoms with E-state index in [9.17, 15) is 14.7 Å². The number of nitrogens with zero attached hydrogens (tertiary/aromatic N) is 1. The van der Waals surface area contributed by atoms with E-state index in [4.69, 9.17) is 9.47 Å². The molecule has 2 amide bonds. The van der Waals surface area contributed by atoms with Gasteiger partial charge in [-0.2, -0.15) is 0 Å². The van der Waals surface area contributed by atoms with Gasteiger partial charge in [-0.15, -0.1) is 0 Å². The van der Waals surface area contributed by atoms with Gasteiger partial charge in [0.2, 0.25) is 18.6 Å². The van der Waals surface area contributed by atoms with Crippen LogP contribution < -0.4 is 14.8 Å². The average molecular weight is 368 g/mol. The van der Waals surface area contributed by atoms with E-state index in [0.29, 0.717) is 30.3 Å². The third-order valence-electron chi connectivity index (χ3n) is 4.86. The Morgan fingerprint density at radius 2 is 2.04 bits per heavy atom. The molecule has 0 radical (unpaired) electrons. The van der Waals surface area contributed by atoms with Crippen LogP contribution in [-0.2, 0) is 16.1 Å². The molecule has 0 bridgehead atoms. The largest absolute Gasteiger partial charge is 0.508 e. The maximum absolute atomic E-state index is 12.6.